The number of rotatable bonds is 5. The Kier molecular flexibility index (Phi) is 5.22. The van der Waals surface area contributed by atoms with Crippen molar-refractivity contribution in [1.82, 2.24) is 5.32 Å². The first-order chi connectivity index (χ1) is 7.48. The van der Waals surface area contributed by atoms with Crippen LogP contribution in [0.15, 0.2) is 0 Å². The monoisotopic (exact) mass is 229 g/mol. The van der Waals surface area contributed by atoms with Crippen LogP contribution in [0.25, 0.3) is 0 Å². The summed E-state index contributed by atoms with van der Waals surface area (Å²) in [6.45, 7) is 7.74. The third-order valence-corrected chi connectivity index (χ3v) is 3.73. The van der Waals surface area contributed by atoms with E-state index in [1.165, 1.54) is 19.3 Å². The second-order valence-electron chi connectivity index (χ2n) is 5.99. The maximum Gasteiger partial charge on any atom is 0.0638 e. The molecule has 0 aromatic rings. The first-order valence-electron chi connectivity index (χ1n) is 6.34. The Labute approximate surface area is 99.6 Å². The van der Waals surface area contributed by atoms with Crippen LogP contribution < -0.4 is 5.32 Å². The lowest BCUT2D eigenvalue weighted by molar-refractivity contribution is 0.0910. The van der Waals surface area contributed by atoms with Crippen LogP contribution in [0, 0.1) is 11.3 Å². The van der Waals surface area contributed by atoms with Gasteiger partial charge in [-0.25, -0.2) is 0 Å². The minimum atomic E-state index is 0.0821. The Balaban J connectivity index is 2.43. The number of aliphatic hydroxyl groups excluding tert-OH is 1. The average molecular weight is 229 g/mol. The Morgan fingerprint density at radius 3 is 2.69 bits per heavy atom. The van der Waals surface area contributed by atoms with Crippen LogP contribution in [0.3, 0.4) is 0 Å². The molecule has 1 rings (SSSR count). The number of hydrogen-bond acceptors (Lipinski definition) is 3. The van der Waals surface area contributed by atoms with Crippen LogP contribution in [-0.2, 0) is 4.74 Å². The molecular formula is C13H27NO2. The summed E-state index contributed by atoms with van der Waals surface area (Å²) in [5, 5.41) is 12.8. The van der Waals surface area contributed by atoms with Gasteiger partial charge in [-0.1, -0.05) is 20.8 Å². The van der Waals surface area contributed by atoms with Gasteiger partial charge in [0, 0.05) is 13.2 Å². The quantitative estimate of drug-likeness (QED) is 0.755. The van der Waals surface area contributed by atoms with E-state index in [0.717, 1.165) is 0 Å². The van der Waals surface area contributed by atoms with Crippen LogP contribution in [0.1, 0.15) is 40.0 Å². The summed E-state index contributed by atoms with van der Waals surface area (Å²) in [6.07, 6.45) is 3.73. The minimum Gasteiger partial charge on any atom is -0.395 e. The van der Waals surface area contributed by atoms with E-state index in [1.807, 2.05) is 0 Å². The summed E-state index contributed by atoms with van der Waals surface area (Å²) >= 11 is 0. The molecule has 0 heterocycles. The van der Waals surface area contributed by atoms with Gasteiger partial charge in [0.1, 0.15) is 0 Å². The molecule has 0 radical (unpaired) electrons. The molecule has 0 aliphatic heterocycles. The second kappa shape index (κ2) is 5.99. The molecule has 0 aromatic heterocycles. The predicted octanol–water partition coefficient (Wildman–Crippen LogP) is 1.80. The molecule has 1 aliphatic rings. The Bertz CT molecular complexity index is 206. The Morgan fingerprint density at radius 2 is 2.19 bits per heavy atom. The van der Waals surface area contributed by atoms with Crippen molar-refractivity contribution in [2.75, 3.05) is 20.3 Å². The maximum absolute atomic E-state index is 9.23. The fourth-order valence-corrected chi connectivity index (χ4v) is 2.85. The minimum absolute atomic E-state index is 0.0821. The van der Waals surface area contributed by atoms with Gasteiger partial charge in [-0.05, 0) is 30.6 Å². The molecule has 96 valence electrons. The van der Waals surface area contributed by atoms with Crippen molar-refractivity contribution in [2.45, 2.75) is 52.1 Å². The lowest BCUT2D eigenvalue weighted by Gasteiger charge is -2.40. The molecule has 1 aliphatic carbocycles. The van der Waals surface area contributed by atoms with E-state index in [4.69, 9.17) is 4.74 Å². The molecule has 0 aromatic carbocycles. The highest BCUT2D eigenvalue weighted by Gasteiger charge is 2.32. The molecule has 1 fully saturated rings. The van der Waals surface area contributed by atoms with Gasteiger partial charge in [0.25, 0.3) is 0 Å². The molecule has 2 N–H and O–H groups in total. The van der Waals surface area contributed by atoms with Gasteiger partial charge in [-0.2, -0.15) is 0 Å². The summed E-state index contributed by atoms with van der Waals surface area (Å²) in [5.41, 5.74) is 0.480. The zero-order chi connectivity index (χ0) is 12.2. The lowest BCUT2D eigenvalue weighted by Crippen LogP contribution is -2.49. The van der Waals surface area contributed by atoms with E-state index in [1.54, 1.807) is 7.11 Å². The molecule has 0 saturated heterocycles. The summed E-state index contributed by atoms with van der Waals surface area (Å²) in [5.74, 6) is 0.676. The zero-order valence-electron chi connectivity index (χ0n) is 11.1. The van der Waals surface area contributed by atoms with Crippen molar-refractivity contribution in [3.8, 4) is 0 Å². The summed E-state index contributed by atoms with van der Waals surface area (Å²) in [6, 6.07) is 0.610. The maximum atomic E-state index is 9.23. The van der Waals surface area contributed by atoms with Gasteiger partial charge in [0.05, 0.1) is 19.3 Å². The largest absolute Gasteiger partial charge is 0.395 e. The van der Waals surface area contributed by atoms with Gasteiger partial charge in [-0.3, -0.25) is 0 Å². The number of ether oxygens (including phenoxy) is 1. The fourth-order valence-electron chi connectivity index (χ4n) is 2.85. The molecule has 16 heavy (non-hydrogen) atoms. The third kappa shape index (κ3) is 4.04. The van der Waals surface area contributed by atoms with E-state index in [-0.39, 0.29) is 12.6 Å². The number of methoxy groups -OCH3 is 1. The van der Waals surface area contributed by atoms with E-state index < -0.39 is 0 Å². The van der Waals surface area contributed by atoms with E-state index >= 15 is 0 Å². The topological polar surface area (TPSA) is 41.5 Å². The van der Waals surface area contributed by atoms with Gasteiger partial charge in [0.15, 0.2) is 0 Å². The summed E-state index contributed by atoms with van der Waals surface area (Å²) in [4.78, 5) is 0. The normalized spacial score (nSPS) is 31.3. The van der Waals surface area contributed by atoms with E-state index in [2.05, 4.69) is 26.1 Å². The van der Waals surface area contributed by atoms with Crippen LogP contribution >= 0.6 is 0 Å². The highest BCUT2D eigenvalue weighted by molar-refractivity contribution is 4.88. The van der Waals surface area contributed by atoms with Crippen molar-refractivity contribution >= 4 is 0 Å². The van der Waals surface area contributed by atoms with Gasteiger partial charge < -0.3 is 15.2 Å². The molecule has 3 unspecified atom stereocenters. The predicted molar refractivity (Wildman–Crippen MR) is 66.5 cm³/mol. The number of aliphatic hydroxyl groups is 1. The van der Waals surface area contributed by atoms with Crippen molar-refractivity contribution in [3.05, 3.63) is 0 Å². The highest BCUT2D eigenvalue weighted by Crippen LogP contribution is 2.38. The smallest absolute Gasteiger partial charge is 0.0638 e. The van der Waals surface area contributed by atoms with Gasteiger partial charge in [0.2, 0.25) is 0 Å². The molecule has 3 nitrogen and oxygen atoms in total. The van der Waals surface area contributed by atoms with Crippen molar-refractivity contribution in [2.24, 2.45) is 11.3 Å². The molecule has 3 heteroatoms. The summed E-state index contributed by atoms with van der Waals surface area (Å²) < 4.78 is 5.09. The van der Waals surface area contributed by atoms with E-state index in [9.17, 15) is 5.11 Å². The van der Waals surface area contributed by atoms with Crippen LogP contribution in [0.5, 0.6) is 0 Å². The molecule has 0 bridgehead atoms. The number of hydrogen-bond donors (Lipinski definition) is 2. The van der Waals surface area contributed by atoms with Gasteiger partial charge in [-0.15, -0.1) is 0 Å². The first kappa shape index (κ1) is 13.9. The van der Waals surface area contributed by atoms with Crippen molar-refractivity contribution in [3.63, 3.8) is 0 Å². The summed E-state index contributed by atoms with van der Waals surface area (Å²) in [7, 11) is 1.68. The molecule has 0 amide bonds. The van der Waals surface area contributed by atoms with Crippen molar-refractivity contribution < 1.29 is 9.84 Å². The molecule has 0 spiro atoms. The SMILES string of the molecule is COCC(CO)NC1CCC(C)(C)CC1C. The van der Waals surface area contributed by atoms with Crippen molar-refractivity contribution in [1.29, 1.82) is 0 Å². The Hall–Kier alpha value is -0.120. The lowest BCUT2D eigenvalue weighted by atomic mass is 9.70. The molecular weight excluding hydrogens is 202 g/mol. The van der Waals surface area contributed by atoms with Crippen LogP contribution in [-0.4, -0.2) is 37.5 Å². The Morgan fingerprint density at radius 1 is 1.50 bits per heavy atom. The average Bonchev–Trinajstić information content (AvgIpc) is 2.20. The van der Waals surface area contributed by atoms with E-state index in [0.29, 0.717) is 24.0 Å². The number of nitrogens with one attached hydrogen (secondary N) is 1. The fraction of sp³-hybridized carbons (Fsp3) is 1.00. The standard InChI is InChI=1S/C13H27NO2/c1-10-7-13(2,3)6-5-12(10)14-11(8-15)9-16-4/h10-12,14-15H,5-9H2,1-4H3. The molecule has 3 atom stereocenters. The molecule has 1 saturated carbocycles. The first-order valence-corrected chi connectivity index (χ1v) is 6.34. The highest BCUT2D eigenvalue weighted by atomic mass is 16.5. The van der Waals surface area contributed by atoms with Gasteiger partial charge >= 0.3 is 0 Å². The van der Waals surface area contributed by atoms with Crippen LogP contribution in [0.4, 0.5) is 0 Å². The third-order valence-electron chi connectivity index (χ3n) is 3.73. The zero-order valence-corrected chi connectivity index (χ0v) is 11.1. The second-order valence-corrected chi connectivity index (χ2v) is 5.99. The van der Waals surface area contributed by atoms with Crippen LogP contribution in [0.2, 0.25) is 0 Å².